The van der Waals surface area contributed by atoms with Crippen molar-refractivity contribution >= 4 is 17.9 Å². The first-order valence-corrected chi connectivity index (χ1v) is 12.0. The molecular weight excluding hydrogens is 402 g/mol. The summed E-state index contributed by atoms with van der Waals surface area (Å²) in [5.41, 5.74) is 5.10. The SMILES string of the molecule is CCC/C(=C\c1ccc(O)cc1)CC[C@H]1OC[C@H]2C1=C(C(C)C)C[C@H]1C(=O)N(C)C(=O)[C@H]12. The standard InChI is InChI=1S/C27H35NO4/c1-5-6-17(13-18-7-10-19(29)11-8-18)9-12-23-24-20(16(2)3)14-21-25(22(24)15-32-23)27(31)28(4)26(21)30/h7-8,10-11,13,16,21-23,25,29H,5-6,9,12,14-15H2,1-4H3/b17-13+/t21-,22+,23-,25-/m1/s1. The number of allylic oxidation sites excluding steroid dienone is 2. The molecule has 0 radical (unpaired) electrons. The number of ether oxygens (including phenoxy) is 1. The van der Waals surface area contributed by atoms with Crippen molar-refractivity contribution in [1.82, 2.24) is 4.90 Å². The van der Waals surface area contributed by atoms with E-state index in [-0.39, 0.29) is 41.4 Å². The van der Waals surface area contributed by atoms with Gasteiger partial charge in [0.2, 0.25) is 11.8 Å². The van der Waals surface area contributed by atoms with Gasteiger partial charge in [-0.1, -0.05) is 56.5 Å². The van der Waals surface area contributed by atoms with E-state index in [0.717, 1.165) is 31.2 Å². The minimum atomic E-state index is -0.252. The number of imide groups is 1. The van der Waals surface area contributed by atoms with Crippen LogP contribution in [0.15, 0.2) is 41.0 Å². The van der Waals surface area contributed by atoms with Crippen LogP contribution in [0, 0.1) is 23.7 Å². The lowest BCUT2D eigenvalue weighted by atomic mass is 9.67. The molecule has 2 aliphatic heterocycles. The van der Waals surface area contributed by atoms with Crippen molar-refractivity contribution in [2.45, 2.75) is 59.0 Å². The predicted molar refractivity (Wildman–Crippen MR) is 125 cm³/mol. The Morgan fingerprint density at radius 2 is 1.88 bits per heavy atom. The molecule has 172 valence electrons. The molecule has 2 amide bonds. The molecule has 1 aromatic carbocycles. The van der Waals surface area contributed by atoms with E-state index in [1.54, 1.807) is 19.2 Å². The molecule has 0 saturated carbocycles. The van der Waals surface area contributed by atoms with E-state index in [4.69, 9.17) is 4.74 Å². The summed E-state index contributed by atoms with van der Waals surface area (Å²) in [4.78, 5) is 26.9. The summed E-state index contributed by atoms with van der Waals surface area (Å²) in [5.74, 6) is 0.126. The van der Waals surface area contributed by atoms with Crippen LogP contribution in [0.2, 0.25) is 0 Å². The molecular formula is C27H35NO4. The Kier molecular flexibility index (Phi) is 6.57. The first-order chi connectivity index (χ1) is 15.3. The molecule has 2 fully saturated rings. The van der Waals surface area contributed by atoms with Crippen LogP contribution in [-0.2, 0) is 14.3 Å². The highest BCUT2D eigenvalue weighted by Crippen LogP contribution is 2.51. The van der Waals surface area contributed by atoms with Gasteiger partial charge in [-0.3, -0.25) is 14.5 Å². The normalized spacial score (nSPS) is 28.0. The van der Waals surface area contributed by atoms with Gasteiger partial charge in [-0.2, -0.15) is 0 Å². The van der Waals surface area contributed by atoms with Crippen LogP contribution in [0.4, 0.5) is 0 Å². The Morgan fingerprint density at radius 3 is 2.53 bits per heavy atom. The van der Waals surface area contributed by atoms with E-state index >= 15 is 0 Å². The molecule has 4 atom stereocenters. The van der Waals surface area contributed by atoms with E-state index in [0.29, 0.717) is 18.9 Å². The summed E-state index contributed by atoms with van der Waals surface area (Å²) in [5, 5.41) is 9.55. The number of benzene rings is 1. The minimum absolute atomic E-state index is 0.0206. The van der Waals surface area contributed by atoms with Gasteiger partial charge in [-0.05, 0) is 54.9 Å². The maximum Gasteiger partial charge on any atom is 0.233 e. The third-order valence-corrected chi connectivity index (χ3v) is 7.42. The summed E-state index contributed by atoms with van der Waals surface area (Å²) in [6.07, 6.45) is 6.85. The number of nitrogens with zero attached hydrogens (tertiary/aromatic N) is 1. The smallest absolute Gasteiger partial charge is 0.233 e. The monoisotopic (exact) mass is 437 g/mol. The number of rotatable bonds is 7. The van der Waals surface area contributed by atoms with Gasteiger partial charge in [0.15, 0.2) is 0 Å². The molecule has 32 heavy (non-hydrogen) atoms. The van der Waals surface area contributed by atoms with Crippen LogP contribution >= 0.6 is 0 Å². The van der Waals surface area contributed by atoms with E-state index in [1.165, 1.54) is 21.6 Å². The summed E-state index contributed by atoms with van der Waals surface area (Å²) in [7, 11) is 1.62. The van der Waals surface area contributed by atoms with Gasteiger partial charge in [0.25, 0.3) is 0 Å². The largest absolute Gasteiger partial charge is 0.508 e. The van der Waals surface area contributed by atoms with Crippen LogP contribution < -0.4 is 0 Å². The van der Waals surface area contributed by atoms with Gasteiger partial charge >= 0.3 is 0 Å². The summed E-state index contributed by atoms with van der Waals surface area (Å²) >= 11 is 0. The molecule has 2 saturated heterocycles. The number of fused-ring (bicyclic) bond motifs is 3. The predicted octanol–water partition coefficient (Wildman–Crippen LogP) is 4.96. The Hall–Kier alpha value is -2.40. The average molecular weight is 438 g/mol. The summed E-state index contributed by atoms with van der Waals surface area (Å²) in [6.45, 7) is 7.10. The third-order valence-electron chi connectivity index (χ3n) is 7.42. The molecule has 0 spiro atoms. The van der Waals surface area contributed by atoms with Crippen molar-refractivity contribution in [3.8, 4) is 5.75 Å². The number of aromatic hydroxyl groups is 1. The van der Waals surface area contributed by atoms with Crippen molar-refractivity contribution in [1.29, 1.82) is 0 Å². The number of amides is 2. The van der Waals surface area contributed by atoms with Gasteiger partial charge in [0.05, 0.1) is 24.5 Å². The lowest BCUT2D eigenvalue weighted by Gasteiger charge is -2.33. The number of likely N-dealkylation sites (tertiary alicyclic amines) is 1. The molecule has 2 heterocycles. The van der Waals surface area contributed by atoms with Gasteiger partial charge in [-0.15, -0.1) is 0 Å². The highest BCUT2D eigenvalue weighted by atomic mass is 16.5. The zero-order valence-corrected chi connectivity index (χ0v) is 19.6. The maximum atomic E-state index is 12.9. The van der Waals surface area contributed by atoms with Gasteiger partial charge < -0.3 is 9.84 Å². The Labute approximate surface area is 191 Å². The van der Waals surface area contributed by atoms with Crippen molar-refractivity contribution in [2.24, 2.45) is 23.7 Å². The quantitative estimate of drug-likeness (QED) is 0.484. The summed E-state index contributed by atoms with van der Waals surface area (Å²) in [6, 6.07) is 7.31. The number of carbonyl (C=O) groups is 2. The Morgan fingerprint density at radius 1 is 1.16 bits per heavy atom. The molecule has 0 bridgehead atoms. The van der Waals surface area contributed by atoms with E-state index in [2.05, 4.69) is 26.8 Å². The second kappa shape index (κ2) is 9.22. The molecule has 0 unspecified atom stereocenters. The number of phenolic OH excluding ortho intramolecular Hbond substituents is 1. The van der Waals surface area contributed by atoms with Crippen LogP contribution in [0.1, 0.15) is 58.4 Å². The first-order valence-electron chi connectivity index (χ1n) is 12.0. The molecule has 1 aliphatic carbocycles. The minimum Gasteiger partial charge on any atom is -0.508 e. The van der Waals surface area contributed by atoms with Crippen LogP contribution in [0.3, 0.4) is 0 Å². The summed E-state index contributed by atoms with van der Waals surface area (Å²) < 4.78 is 6.30. The van der Waals surface area contributed by atoms with E-state index < -0.39 is 0 Å². The number of hydrogen-bond donors (Lipinski definition) is 1. The fraction of sp³-hybridized carbons (Fsp3) is 0.556. The first kappa shape index (κ1) is 22.8. The van der Waals surface area contributed by atoms with Crippen molar-refractivity contribution in [2.75, 3.05) is 13.7 Å². The average Bonchev–Trinajstić information content (AvgIpc) is 3.28. The lowest BCUT2D eigenvalue weighted by Crippen LogP contribution is -2.34. The third kappa shape index (κ3) is 4.15. The maximum absolute atomic E-state index is 12.9. The Balaban J connectivity index is 1.56. The second-order valence-corrected chi connectivity index (χ2v) is 9.82. The van der Waals surface area contributed by atoms with E-state index in [1.807, 2.05) is 12.1 Å². The Bertz CT molecular complexity index is 943. The molecule has 5 nitrogen and oxygen atoms in total. The van der Waals surface area contributed by atoms with Crippen molar-refractivity contribution in [3.63, 3.8) is 0 Å². The molecule has 3 aliphatic rings. The van der Waals surface area contributed by atoms with Crippen LogP contribution in [0.25, 0.3) is 6.08 Å². The fourth-order valence-electron chi connectivity index (χ4n) is 5.83. The van der Waals surface area contributed by atoms with Crippen LogP contribution in [-0.4, -0.2) is 41.6 Å². The molecule has 1 aromatic rings. The van der Waals surface area contributed by atoms with Crippen LogP contribution in [0.5, 0.6) is 5.75 Å². The molecule has 5 heteroatoms. The molecule has 4 rings (SSSR count). The lowest BCUT2D eigenvalue weighted by molar-refractivity contribution is -0.138. The fourth-order valence-corrected chi connectivity index (χ4v) is 5.83. The number of phenols is 1. The van der Waals surface area contributed by atoms with E-state index in [9.17, 15) is 14.7 Å². The van der Waals surface area contributed by atoms with Crippen molar-refractivity contribution < 1.29 is 19.4 Å². The zero-order chi connectivity index (χ0) is 23.0. The second-order valence-electron chi connectivity index (χ2n) is 9.82. The number of carbonyl (C=O) groups excluding carboxylic acids is 2. The van der Waals surface area contributed by atoms with Gasteiger partial charge in [0.1, 0.15) is 5.75 Å². The van der Waals surface area contributed by atoms with Crippen molar-refractivity contribution in [3.05, 3.63) is 46.5 Å². The zero-order valence-electron chi connectivity index (χ0n) is 19.6. The topological polar surface area (TPSA) is 66.8 Å². The van der Waals surface area contributed by atoms with Gasteiger partial charge in [0, 0.05) is 13.0 Å². The highest BCUT2D eigenvalue weighted by Gasteiger charge is 2.56. The highest BCUT2D eigenvalue weighted by molar-refractivity contribution is 6.05. The number of hydrogen-bond acceptors (Lipinski definition) is 4. The molecule has 1 N–H and O–H groups in total. The molecule has 0 aromatic heterocycles. The van der Waals surface area contributed by atoms with Gasteiger partial charge in [-0.25, -0.2) is 0 Å².